The van der Waals surface area contributed by atoms with Gasteiger partial charge >= 0.3 is 0 Å². The molecule has 2 rings (SSSR count). The second kappa shape index (κ2) is 4.32. The summed E-state index contributed by atoms with van der Waals surface area (Å²) in [4.78, 5) is 0. The van der Waals surface area contributed by atoms with Crippen molar-refractivity contribution in [1.82, 2.24) is 0 Å². The minimum absolute atomic E-state index is 0.218. The summed E-state index contributed by atoms with van der Waals surface area (Å²) in [6.45, 7) is 0. The van der Waals surface area contributed by atoms with E-state index >= 15 is 0 Å². The Hall–Kier alpha value is -1.25. The fraction of sp³-hybridized carbons (Fsp3) is 0. The zero-order valence-corrected chi connectivity index (χ0v) is 9.69. The first-order valence-electron chi connectivity index (χ1n) is 4.58. The van der Waals surface area contributed by atoms with Crippen molar-refractivity contribution in [2.75, 3.05) is 5.73 Å². The van der Waals surface area contributed by atoms with E-state index < -0.39 is 5.82 Å². The monoisotopic (exact) mass is 255 g/mol. The Morgan fingerprint density at radius 1 is 1.00 bits per heavy atom. The maximum atomic E-state index is 13.6. The highest BCUT2D eigenvalue weighted by molar-refractivity contribution is 6.33. The lowest BCUT2D eigenvalue weighted by Crippen LogP contribution is -1.91. The van der Waals surface area contributed by atoms with Crippen LogP contribution in [-0.2, 0) is 0 Å². The zero-order chi connectivity index (χ0) is 11.7. The lowest BCUT2D eigenvalue weighted by molar-refractivity contribution is 0.631. The van der Waals surface area contributed by atoms with Crippen LogP contribution in [0.5, 0.6) is 0 Å². The van der Waals surface area contributed by atoms with E-state index in [1.54, 1.807) is 24.3 Å². The van der Waals surface area contributed by atoms with Crippen LogP contribution in [0, 0.1) is 5.82 Å². The van der Waals surface area contributed by atoms with Gasteiger partial charge in [-0.05, 0) is 29.8 Å². The first-order valence-corrected chi connectivity index (χ1v) is 5.34. The highest BCUT2D eigenvalue weighted by Crippen LogP contribution is 2.30. The van der Waals surface area contributed by atoms with E-state index in [1.807, 2.05) is 0 Å². The van der Waals surface area contributed by atoms with E-state index in [1.165, 1.54) is 12.1 Å². The second-order valence-corrected chi connectivity index (χ2v) is 4.20. The predicted molar refractivity (Wildman–Crippen MR) is 66.3 cm³/mol. The third-order valence-electron chi connectivity index (χ3n) is 2.24. The number of halogens is 3. The molecule has 0 radical (unpaired) electrons. The molecule has 82 valence electrons. The number of nitrogens with two attached hydrogens (primary N) is 1. The van der Waals surface area contributed by atoms with Crippen molar-refractivity contribution in [1.29, 1.82) is 0 Å². The fourth-order valence-electron chi connectivity index (χ4n) is 1.42. The summed E-state index contributed by atoms with van der Waals surface area (Å²) in [5.41, 5.74) is 7.12. The highest BCUT2D eigenvalue weighted by Gasteiger charge is 2.08. The van der Waals surface area contributed by atoms with Gasteiger partial charge in [-0.25, -0.2) is 4.39 Å². The standard InChI is InChI=1S/C12H8Cl2FN/c13-8-3-1-7(2-4-8)9-5-12(16)10(14)6-11(9)15/h1-6H,16H2. The van der Waals surface area contributed by atoms with Crippen LogP contribution in [0.4, 0.5) is 10.1 Å². The highest BCUT2D eigenvalue weighted by atomic mass is 35.5. The summed E-state index contributed by atoms with van der Waals surface area (Å²) in [5.74, 6) is -0.401. The molecular weight excluding hydrogens is 248 g/mol. The molecule has 0 bridgehead atoms. The summed E-state index contributed by atoms with van der Waals surface area (Å²) >= 11 is 11.5. The summed E-state index contributed by atoms with van der Waals surface area (Å²) in [5, 5.41) is 0.821. The Morgan fingerprint density at radius 2 is 1.62 bits per heavy atom. The third-order valence-corrected chi connectivity index (χ3v) is 2.82. The van der Waals surface area contributed by atoms with E-state index in [2.05, 4.69) is 0 Å². The molecule has 0 aliphatic carbocycles. The molecule has 2 aromatic carbocycles. The van der Waals surface area contributed by atoms with Crippen molar-refractivity contribution < 1.29 is 4.39 Å². The first-order chi connectivity index (χ1) is 7.58. The van der Waals surface area contributed by atoms with Gasteiger partial charge in [-0.3, -0.25) is 0 Å². The maximum Gasteiger partial charge on any atom is 0.132 e. The lowest BCUT2D eigenvalue weighted by atomic mass is 10.0. The van der Waals surface area contributed by atoms with E-state index in [0.29, 0.717) is 21.8 Å². The fourth-order valence-corrected chi connectivity index (χ4v) is 1.69. The van der Waals surface area contributed by atoms with E-state index in [-0.39, 0.29) is 5.02 Å². The van der Waals surface area contributed by atoms with Gasteiger partial charge in [0.15, 0.2) is 0 Å². The molecule has 0 heterocycles. The molecule has 0 amide bonds. The third kappa shape index (κ3) is 2.13. The van der Waals surface area contributed by atoms with Crippen LogP contribution >= 0.6 is 23.2 Å². The van der Waals surface area contributed by atoms with Crippen molar-refractivity contribution in [3.05, 3.63) is 52.3 Å². The normalized spacial score (nSPS) is 10.4. The Balaban J connectivity index is 2.56. The quantitative estimate of drug-likeness (QED) is 0.752. The van der Waals surface area contributed by atoms with Gasteiger partial charge < -0.3 is 5.73 Å². The van der Waals surface area contributed by atoms with Gasteiger partial charge in [0.25, 0.3) is 0 Å². The molecule has 2 aromatic rings. The minimum Gasteiger partial charge on any atom is -0.398 e. The van der Waals surface area contributed by atoms with Crippen molar-refractivity contribution >= 4 is 28.9 Å². The first kappa shape index (κ1) is 11.2. The predicted octanol–water partition coefficient (Wildman–Crippen LogP) is 4.38. The molecule has 0 spiro atoms. The van der Waals surface area contributed by atoms with Crippen LogP contribution in [0.15, 0.2) is 36.4 Å². The van der Waals surface area contributed by atoms with Crippen molar-refractivity contribution in [2.45, 2.75) is 0 Å². The van der Waals surface area contributed by atoms with Gasteiger partial charge in [0.1, 0.15) is 5.82 Å². The summed E-state index contributed by atoms with van der Waals surface area (Å²) in [7, 11) is 0. The number of rotatable bonds is 1. The van der Waals surface area contributed by atoms with Crippen LogP contribution in [0.1, 0.15) is 0 Å². The Kier molecular flexibility index (Phi) is 3.03. The zero-order valence-electron chi connectivity index (χ0n) is 8.18. The average Bonchev–Trinajstić information content (AvgIpc) is 2.25. The molecule has 4 heteroatoms. The molecule has 1 nitrogen and oxygen atoms in total. The molecule has 0 aliphatic heterocycles. The molecular formula is C12H8Cl2FN. The van der Waals surface area contributed by atoms with Gasteiger partial charge in [-0.15, -0.1) is 0 Å². The number of anilines is 1. The van der Waals surface area contributed by atoms with E-state index in [4.69, 9.17) is 28.9 Å². The van der Waals surface area contributed by atoms with Crippen molar-refractivity contribution in [3.63, 3.8) is 0 Å². The molecule has 2 N–H and O–H groups in total. The summed E-state index contributed by atoms with van der Waals surface area (Å²) in [6.07, 6.45) is 0. The Morgan fingerprint density at radius 3 is 2.25 bits per heavy atom. The smallest absolute Gasteiger partial charge is 0.132 e. The van der Waals surface area contributed by atoms with Crippen molar-refractivity contribution in [3.8, 4) is 11.1 Å². The molecule has 0 saturated carbocycles. The van der Waals surface area contributed by atoms with Gasteiger partial charge in [-0.2, -0.15) is 0 Å². The SMILES string of the molecule is Nc1cc(-c2ccc(Cl)cc2)c(F)cc1Cl. The van der Waals surface area contributed by atoms with E-state index in [9.17, 15) is 4.39 Å². The largest absolute Gasteiger partial charge is 0.398 e. The molecule has 0 unspecified atom stereocenters. The van der Waals surface area contributed by atoms with Crippen molar-refractivity contribution in [2.24, 2.45) is 0 Å². The Bertz CT molecular complexity index is 523. The number of hydrogen-bond acceptors (Lipinski definition) is 1. The number of nitrogen functional groups attached to an aromatic ring is 1. The van der Waals surface area contributed by atoms with Crippen LogP contribution in [0.2, 0.25) is 10.0 Å². The molecule has 16 heavy (non-hydrogen) atoms. The molecule has 0 atom stereocenters. The summed E-state index contributed by atoms with van der Waals surface area (Å²) < 4.78 is 13.6. The molecule has 0 fully saturated rings. The van der Waals surface area contributed by atoms with Crippen LogP contribution in [0.25, 0.3) is 11.1 Å². The number of hydrogen-bond donors (Lipinski definition) is 1. The molecule has 0 aromatic heterocycles. The second-order valence-electron chi connectivity index (χ2n) is 3.36. The van der Waals surface area contributed by atoms with Crippen LogP contribution in [-0.4, -0.2) is 0 Å². The average molecular weight is 256 g/mol. The minimum atomic E-state index is -0.401. The van der Waals surface area contributed by atoms with Gasteiger partial charge in [0.05, 0.1) is 10.7 Å². The van der Waals surface area contributed by atoms with Crippen LogP contribution in [0.3, 0.4) is 0 Å². The van der Waals surface area contributed by atoms with E-state index in [0.717, 1.165) is 0 Å². The molecule has 0 aliphatic rings. The lowest BCUT2D eigenvalue weighted by Gasteiger charge is -2.06. The van der Waals surface area contributed by atoms with Gasteiger partial charge in [-0.1, -0.05) is 35.3 Å². The topological polar surface area (TPSA) is 26.0 Å². The maximum absolute atomic E-state index is 13.6. The van der Waals surface area contributed by atoms with Gasteiger partial charge in [0, 0.05) is 10.6 Å². The summed E-state index contributed by atoms with van der Waals surface area (Å²) in [6, 6.07) is 9.58. The van der Waals surface area contributed by atoms with Gasteiger partial charge in [0.2, 0.25) is 0 Å². The Labute approximate surface area is 103 Å². The molecule has 0 saturated heterocycles. The number of benzene rings is 2. The van der Waals surface area contributed by atoms with Crippen LogP contribution < -0.4 is 5.73 Å².